The van der Waals surface area contributed by atoms with Crippen molar-refractivity contribution in [3.8, 4) is 0 Å². The number of hydrogen-bond donors (Lipinski definition) is 0. The van der Waals surface area contributed by atoms with E-state index >= 15 is 0 Å². The Kier molecular flexibility index (Phi) is 2700. The predicted molar refractivity (Wildman–Crippen MR) is 29.8 cm³/mol. The molecule has 21 heavy (non-hydrogen) atoms. The van der Waals surface area contributed by atoms with Gasteiger partial charge in [0.2, 0.25) is 0 Å². The van der Waals surface area contributed by atoms with Crippen LogP contribution in [0.5, 0.6) is 0 Å². The molecule has 0 rings (SSSR count). The normalized spacial score (nSPS) is 0.571. The van der Waals surface area contributed by atoms with Gasteiger partial charge in [0.25, 0.3) is 0 Å². The Hall–Kier alpha value is 6.03. The summed E-state index contributed by atoms with van der Waals surface area (Å²) in [5, 5.41) is 37.5. The molecule has 0 amide bonds. The van der Waals surface area contributed by atoms with Crippen LogP contribution in [0.3, 0.4) is 0 Å². The molecule has 0 bridgehead atoms. The zero-order chi connectivity index (χ0) is 12.0. The van der Waals surface area contributed by atoms with Crippen molar-refractivity contribution in [2.45, 2.75) is 0 Å². The maximum absolute atomic E-state index is 6.25. The van der Waals surface area contributed by atoms with E-state index in [1.165, 1.54) is 0 Å². The summed E-state index contributed by atoms with van der Waals surface area (Å²) < 4.78 is 0. The number of rotatable bonds is 0. The first kappa shape index (κ1) is 127. The van der Waals surface area contributed by atoms with Gasteiger partial charge in [0.15, 0.2) is 0 Å². The van der Waals surface area contributed by atoms with Gasteiger partial charge in [0, 0.05) is 67.1 Å². The van der Waals surface area contributed by atoms with Gasteiger partial charge in [-0.15, -0.1) is 0 Å². The molecule has 0 aromatic heterocycles. The van der Waals surface area contributed by atoms with Gasteiger partial charge in [0.1, 0.15) is 0 Å². The molecule has 0 fully saturated rings. The van der Waals surface area contributed by atoms with Crippen LogP contribution in [-0.2, 0) is 84.2 Å². The van der Waals surface area contributed by atoms with Gasteiger partial charge in [-0.1, -0.05) is 0 Å². The van der Waals surface area contributed by atoms with E-state index in [-0.39, 0.29) is 290 Å². The zero-order valence-electron chi connectivity index (χ0n) is 11.4. The van der Waals surface area contributed by atoms with Crippen molar-refractivity contribution in [3.63, 3.8) is 0 Å². The Bertz CT molecular complexity index is 120. The van der Waals surface area contributed by atoms with E-state index in [2.05, 4.69) is 0 Å². The summed E-state index contributed by atoms with van der Waals surface area (Å²) in [5.74, 6) is 0. The van der Waals surface area contributed by atoms with Crippen molar-refractivity contribution in [1.82, 2.24) is 0 Å². The summed E-state index contributed by atoms with van der Waals surface area (Å²) in [6, 6.07) is 0. The van der Waals surface area contributed by atoms with Crippen LogP contribution in [0.4, 0.5) is 0 Å². The Morgan fingerprint density at radius 2 is 0.286 bits per heavy atom. The summed E-state index contributed by atoms with van der Waals surface area (Å²) in [7, 11) is 0. The second kappa shape index (κ2) is 448. The summed E-state index contributed by atoms with van der Waals surface area (Å²) in [5.41, 5.74) is 0. The van der Waals surface area contributed by atoms with Gasteiger partial charge < -0.3 is 71.0 Å². The molecule has 0 aliphatic carbocycles. The number of nitrogens with zero attached hydrogens (tertiary/aromatic N) is 6. The first-order valence-corrected chi connectivity index (χ1v) is 1.34. The quantitative estimate of drug-likeness (QED) is 0.199. The Balaban J connectivity index is -0.00000000146. The zero-order valence-corrected chi connectivity index (χ0v) is 29.1. The van der Waals surface area contributed by atoms with Crippen LogP contribution in [0.1, 0.15) is 0 Å². The molecule has 0 aromatic rings. The SMILES string of the molecule is [C-]#N.[C-]#N.[C-]#N.[C-]#N.[C-]#N.[C-]#N.[Co].[Co].[Co].[Co].[Fe+2].[K+].[K+].[K+].[K+]. The van der Waals surface area contributed by atoms with Gasteiger partial charge in [-0.3, -0.25) is 0 Å². The van der Waals surface area contributed by atoms with Gasteiger partial charge in [-0.25, -0.2) is 0 Å². The van der Waals surface area contributed by atoms with E-state index in [4.69, 9.17) is 71.0 Å². The minimum absolute atomic E-state index is 0. The summed E-state index contributed by atoms with van der Waals surface area (Å²) >= 11 is 0. The van der Waals surface area contributed by atoms with E-state index in [1.54, 1.807) is 0 Å². The van der Waals surface area contributed by atoms with E-state index in [0.717, 1.165) is 0 Å². The molecule has 0 heterocycles. The average Bonchev–Trinajstić information content (AvgIpc) is 2.33. The molecule has 0 unspecified atom stereocenters. The second-order valence-corrected chi connectivity index (χ2v) is 0. The fourth-order valence-corrected chi connectivity index (χ4v) is 0. The minimum Gasteiger partial charge on any atom is -0.512 e. The molecule has 6 nitrogen and oxygen atoms in total. The topological polar surface area (TPSA) is 143 Å². The molecule has 0 aromatic carbocycles. The molecule has 0 saturated heterocycles. The third kappa shape index (κ3) is 413. The first-order chi connectivity index (χ1) is 6.00. The van der Waals surface area contributed by atoms with Gasteiger partial charge in [0.05, 0.1) is 0 Å². The van der Waals surface area contributed by atoms with Crippen LogP contribution in [0.25, 0.3) is 0 Å². The van der Waals surface area contributed by atoms with Crippen LogP contribution in [0, 0.1) is 71.0 Å². The van der Waals surface area contributed by atoms with Crippen molar-refractivity contribution in [3.05, 3.63) is 39.4 Å². The smallest absolute Gasteiger partial charge is 0.512 e. The molecule has 15 heteroatoms. The van der Waals surface area contributed by atoms with Crippen molar-refractivity contribution in [1.29, 1.82) is 31.6 Å². The molecule has 102 valence electrons. The third-order valence-corrected chi connectivity index (χ3v) is 0. The van der Waals surface area contributed by atoms with Crippen molar-refractivity contribution in [2.24, 2.45) is 0 Å². The van der Waals surface area contributed by atoms with Crippen LogP contribution >= 0.6 is 0 Å². The van der Waals surface area contributed by atoms with Crippen LogP contribution < -0.4 is 206 Å². The monoisotopic (exact) mass is 604 g/mol. The van der Waals surface area contributed by atoms with Crippen LogP contribution in [0.15, 0.2) is 0 Å². The molecular formula is C6Co4FeK4N6. The molecule has 0 saturated carbocycles. The maximum Gasteiger partial charge on any atom is 2.00 e. The Labute approximate surface area is 350 Å². The van der Waals surface area contributed by atoms with E-state index in [1.807, 2.05) is 0 Å². The van der Waals surface area contributed by atoms with Gasteiger partial charge in [-0.05, 0) is 0 Å². The average molecular weight is 604 g/mol. The minimum atomic E-state index is 0. The van der Waals surface area contributed by atoms with Crippen LogP contribution in [-0.4, -0.2) is 0 Å². The second-order valence-electron chi connectivity index (χ2n) is 0. The van der Waals surface area contributed by atoms with E-state index < -0.39 is 0 Å². The van der Waals surface area contributed by atoms with E-state index in [0.29, 0.717) is 0 Å². The van der Waals surface area contributed by atoms with Crippen molar-refractivity contribution in [2.75, 3.05) is 0 Å². The Morgan fingerprint density at radius 3 is 0.286 bits per heavy atom. The van der Waals surface area contributed by atoms with Gasteiger partial charge in [-0.2, -0.15) is 0 Å². The molecule has 0 N–H and O–H groups in total. The fourth-order valence-electron chi connectivity index (χ4n) is 0. The molecule has 0 atom stereocenters. The van der Waals surface area contributed by atoms with Crippen LogP contribution in [0.2, 0.25) is 0 Å². The largest absolute Gasteiger partial charge is 2.00 e. The first-order valence-electron chi connectivity index (χ1n) is 1.34. The summed E-state index contributed by atoms with van der Waals surface area (Å²) in [4.78, 5) is 0. The fraction of sp³-hybridized carbons (Fsp3) is 0. The van der Waals surface area contributed by atoms with Crippen molar-refractivity contribution < 1.29 is 290 Å². The maximum atomic E-state index is 6.25. The molecule has 0 aliphatic heterocycles. The van der Waals surface area contributed by atoms with Gasteiger partial charge >= 0.3 is 223 Å². The molecule has 0 spiro atoms. The predicted octanol–water partition coefficient (Wildman–Crippen LogP) is -11.4. The summed E-state index contributed by atoms with van der Waals surface area (Å²) in [6.45, 7) is 28.5. The molecular weight excluding hydrogens is 604 g/mol. The Morgan fingerprint density at radius 1 is 0.286 bits per heavy atom. The summed E-state index contributed by atoms with van der Waals surface area (Å²) in [6.07, 6.45) is 0. The van der Waals surface area contributed by atoms with E-state index in [9.17, 15) is 0 Å². The standard InChI is InChI=1S/6CN.4Co.Fe.4K/c6*1-2;;;;;;;;;/q6*-1;;;;;+2;4*+1. The van der Waals surface area contributed by atoms with Crippen molar-refractivity contribution >= 4 is 0 Å². The third-order valence-electron chi connectivity index (χ3n) is 0. The molecule has 4 radical (unpaired) electrons. The number of hydrogen-bond acceptors (Lipinski definition) is 6. The molecule has 0 aliphatic rings.